The SMILES string of the molecule is CC[C@H](C)[C@H](NC(=O)[C@@H](NC(=O)[C@H](Cc1ccc(O)cc1)NC(=O)[C@@H](N)CO)C(C)C)C(=O)N[C@@H](Cc1cnc[nH]1)C(=O)O. The van der Waals surface area contributed by atoms with Crippen LogP contribution in [-0.2, 0) is 36.8 Å². The van der Waals surface area contributed by atoms with E-state index in [9.17, 15) is 39.3 Å². The number of H-pyrrole nitrogens is 1. The van der Waals surface area contributed by atoms with Crippen molar-refractivity contribution in [2.24, 2.45) is 17.6 Å². The molecule has 0 radical (unpaired) electrons. The van der Waals surface area contributed by atoms with Crippen molar-refractivity contribution in [1.82, 2.24) is 31.2 Å². The molecule has 15 nitrogen and oxygen atoms in total. The van der Waals surface area contributed by atoms with Crippen molar-refractivity contribution >= 4 is 29.6 Å². The summed E-state index contributed by atoms with van der Waals surface area (Å²) < 4.78 is 0. The van der Waals surface area contributed by atoms with E-state index < -0.39 is 78.2 Å². The Bertz CT molecular complexity index is 1250. The Balaban J connectivity index is 2.24. The maximum Gasteiger partial charge on any atom is 0.326 e. The van der Waals surface area contributed by atoms with Crippen molar-refractivity contribution in [3.05, 3.63) is 48.0 Å². The second-order valence-corrected chi connectivity index (χ2v) is 11.0. The maximum atomic E-state index is 13.5. The summed E-state index contributed by atoms with van der Waals surface area (Å²) in [4.78, 5) is 71.2. The molecule has 2 aromatic rings. The number of aromatic nitrogens is 2. The molecule has 0 spiro atoms. The minimum atomic E-state index is -1.29. The number of imidazole rings is 1. The number of aromatic amines is 1. The molecule has 15 heteroatoms. The minimum Gasteiger partial charge on any atom is -0.508 e. The smallest absolute Gasteiger partial charge is 0.326 e. The van der Waals surface area contributed by atoms with Gasteiger partial charge in [-0.2, -0.15) is 0 Å². The Morgan fingerprint density at radius 2 is 1.45 bits per heavy atom. The number of rotatable bonds is 17. The van der Waals surface area contributed by atoms with E-state index in [-0.39, 0.29) is 18.6 Å². The Morgan fingerprint density at radius 3 is 1.98 bits per heavy atom. The van der Waals surface area contributed by atoms with Gasteiger partial charge >= 0.3 is 5.97 Å². The molecular weight excluding hydrogens is 574 g/mol. The monoisotopic (exact) mass is 617 g/mol. The van der Waals surface area contributed by atoms with Gasteiger partial charge in [-0.05, 0) is 29.5 Å². The fraction of sp³-hybridized carbons (Fsp3) is 0.517. The Morgan fingerprint density at radius 1 is 0.864 bits per heavy atom. The van der Waals surface area contributed by atoms with Gasteiger partial charge in [-0.1, -0.05) is 46.2 Å². The fourth-order valence-electron chi connectivity index (χ4n) is 4.25. The van der Waals surface area contributed by atoms with Crippen LogP contribution in [0.4, 0.5) is 0 Å². The van der Waals surface area contributed by atoms with Gasteiger partial charge in [0.1, 0.15) is 36.0 Å². The van der Waals surface area contributed by atoms with Crippen LogP contribution in [-0.4, -0.2) is 91.7 Å². The van der Waals surface area contributed by atoms with Gasteiger partial charge in [0.25, 0.3) is 0 Å². The average molecular weight is 618 g/mol. The third-order valence-corrected chi connectivity index (χ3v) is 7.18. The van der Waals surface area contributed by atoms with Crippen LogP contribution >= 0.6 is 0 Å². The van der Waals surface area contributed by atoms with Crippen LogP contribution in [0.1, 0.15) is 45.4 Å². The summed E-state index contributed by atoms with van der Waals surface area (Å²) in [6.45, 7) is 6.25. The molecule has 1 aromatic carbocycles. The second kappa shape index (κ2) is 17.0. The molecule has 0 aliphatic heterocycles. The van der Waals surface area contributed by atoms with E-state index in [0.717, 1.165) is 0 Å². The minimum absolute atomic E-state index is 0.00788. The van der Waals surface area contributed by atoms with Gasteiger partial charge in [-0.25, -0.2) is 9.78 Å². The summed E-state index contributed by atoms with van der Waals surface area (Å²) in [6, 6.07) is -0.0874. The van der Waals surface area contributed by atoms with Crippen LogP contribution in [0.5, 0.6) is 5.75 Å². The number of nitrogens with one attached hydrogen (secondary N) is 5. The number of nitrogens with two attached hydrogens (primary N) is 1. The molecule has 0 aliphatic rings. The number of phenolic OH excluding ortho intramolecular Hbond substituents is 1. The Kier molecular flexibility index (Phi) is 13.8. The van der Waals surface area contributed by atoms with Gasteiger partial charge in [0, 0.05) is 24.7 Å². The predicted molar refractivity (Wildman–Crippen MR) is 159 cm³/mol. The topological polar surface area (TPSA) is 249 Å². The summed E-state index contributed by atoms with van der Waals surface area (Å²) >= 11 is 0. The zero-order valence-electron chi connectivity index (χ0n) is 25.2. The van der Waals surface area contributed by atoms with Crippen LogP contribution in [0.25, 0.3) is 0 Å². The quantitative estimate of drug-likeness (QED) is 0.104. The van der Waals surface area contributed by atoms with Crippen LogP contribution in [0.3, 0.4) is 0 Å². The lowest BCUT2D eigenvalue weighted by Crippen LogP contribution is -2.61. The normalized spacial score (nSPS) is 15.2. The van der Waals surface area contributed by atoms with Crippen molar-refractivity contribution in [1.29, 1.82) is 0 Å². The molecule has 0 fully saturated rings. The summed E-state index contributed by atoms with van der Waals surface area (Å²) in [5, 5.41) is 38.8. The van der Waals surface area contributed by atoms with E-state index in [0.29, 0.717) is 17.7 Å². The van der Waals surface area contributed by atoms with Gasteiger partial charge in [0.15, 0.2) is 0 Å². The molecule has 4 amide bonds. The first-order chi connectivity index (χ1) is 20.8. The second-order valence-electron chi connectivity index (χ2n) is 11.0. The molecule has 0 aliphatic carbocycles. The van der Waals surface area contributed by atoms with Crippen molar-refractivity contribution in [2.75, 3.05) is 6.61 Å². The number of phenols is 1. The van der Waals surface area contributed by atoms with Gasteiger partial charge in [0.2, 0.25) is 23.6 Å². The highest BCUT2D eigenvalue weighted by atomic mass is 16.4. The van der Waals surface area contributed by atoms with E-state index in [1.54, 1.807) is 32.9 Å². The predicted octanol–water partition coefficient (Wildman–Crippen LogP) is -1.05. The standard InChI is InChI=1S/C29H43N7O8/c1-5-16(4)24(28(42)34-22(29(43)44)11-18-12-31-14-32-18)36-27(41)23(15(2)3)35-26(40)21(33-25(39)20(30)13-37)10-17-6-8-19(38)9-7-17/h6-9,12,14-16,20-24,37-38H,5,10-11,13,30H2,1-4H3,(H,31,32)(H,33,39)(H,34,42)(H,35,40)(H,36,41)(H,43,44)/t16-,20-,21-,22-,23-,24-/m0/s1. The number of hydrogen-bond acceptors (Lipinski definition) is 9. The highest BCUT2D eigenvalue weighted by Crippen LogP contribution is 2.14. The molecule has 10 N–H and O–H groups in total. The maximum absolute atomic E-state index is 13.5. The average Bonchev–Trinajstić information content (AvgIpc) is 3.50. The fourth-order valence-corrected chi connectivity index (χ4v) is 4.25. The van der Waals surface area contributed by atoms with E-state index in [1.807, 2.05) is 6.92 Å². The number of aliphatic hydroxyl groups is 1. The van der Waals surface area contributed by atoms with Crippen LogP contribution in [0.15, 0.2) is 36.8 Å². The first-order valence-corrected chi connectivity index (χ1v) is 14.3. The lowest BCUT2D eigenvalue weighted by atomic mass is 9.95. The van der Waals surface area contributed by atoms with E-state index in [1.165, 1.54) is 24.7 Å². The molecule has 242 valence electrons. The number of amides is 4. The molecule has 0 saturated heterocycles. The van der Waals surface area contributed by atoms with Gasteiger partial charge in [-0.3, -0.25) is 19.2 Å². The number of benzene rings is 1. The number of aliphatic carboxylic acids is 1. The molecular formula is C29H43N7O8. The highest BCUT2D eigenvalue weighted by Gasteiger charge is 2.35. The van der Waals surface area contributed by atoms with Gasteiger partial charge < -0.3 is 47.3 Å². The molecule has 1 aromatic heterocycles. The number of hydrogen-bond donors (Lipinski definition) is 9. The molecule has 0 bridgehead atoms. The summed E-state index contributed by atoms with van der Waals surface area (Å²) in [5.41, 5.74) is 6.71. The van der Waals surface area contributed by atoms with Gasteiger partial charge in [0.05, 0.1) is 12.9 Å². The molecule has 0 unspecified atom stereocenters. The van der Waals surface area contributed by atoms with Crippen molar-refractivity contribution < 1.29 is 39.3 Å². The number of aliphatic hydroxyl groups excluding tert-OH is 1. The van der Waals surface area contributed by atoms with Crippen molar-refractivity contribution in [3.8, 4) is 5.75 Å². The van der Waals surface area contributed by atoms with Crippen LogP contribution in [0.2, 0.25) is 0 Å². The highest BCUT2D eigenvalue weighted by molar-refractivity contribution is 5.95. The third-order valence-electron chi connectivity index (χ3n) is 7.18. The van der Waals surface area contributed by atoms with Crippen molar-refractivity contribution in [2.45, 2.75) is 77.2 Å². The Labute approximate surface area is 255 Å². The van der Waals surface area contributed by atoms with E-state index in [2.05, 4.69) is 31.2 Å². The number of carboxylic acids is 1. The van der Waals surface area contributed by atoms with Crippen LogP contribution in [0, 0.1) is 11.8 Å². The van der Waals surface area contributed by atoms with E-state index in [4.69, 9.17) is 5.73 Å². The summed E-state index contributed by atoms with van der Waals surface area (Å²) in [7, 11) is 0. The summed E-state index contributed by atoms with van der Waals surface area (Å²) in [5.74, 6) is -5.01. The Hall–Kier alpha value is -4.50. The van der Waals surface area contributed by atoms with Crippen molar-refractivity contribution in [3.63, 3.8) is 0 Å². The summed E-state index contributed by atoms with van der Waals surface area (Å²) in [6.07, 6.45) is 3.23. The number of nitrogens with zero attached hydrogens (tertiary/aromatic N) is 1. The molecule has 0 saturated carbocycles. The third kappa shape index (κ3) is 10.6. The lowest BCUT2D eigenvalue weighted by molar-refractivity contribution is -0.142. The van der Waals surface area contributed by atoms with E-state index >= 15 is 0 Å². The largest absolute Gasteiger partial charge is 0.508 e. The molecule has 1 heterocycles. The zero-order chi connectivity index (χ0) is 33.0. The number of carbonyl (C=O) groups excluding carboxylic acids is 4. The first-order valence-electron chi connectivity index (χ1n) is 14.3. The molecule has 2 rings (SSSR count). The van der Waals surface area contributed by atoms with Crippen LogP contribution < -0.4 is 27.0 Å². The number of aromatic hydroxyl groups is 1. The molecule has 44 heavy (non-hydrogen) atoms. The lowest BCUT2D eigenvalue weighted by Gasteiger charge is -2.30. The first kappa shape index (κ1) is 35.7. The number of carbonyl (C=O) groups is 5. The number of carboxylic acid groups (broad SMARTS) is 1. The zero-order valence-corrected chi connectivity index (χ0v) is 25.2. The molecule has 6 atom stereocenters. The van der Waals surface area contributed by atoms with Gasteiger partial charge in [-0.15, -0.1) is 0 Å².